The average Bonchev–Trinajstić information content (AvgIpc) is 2.84. The molecule has 1 aromatic rings. The number of thiophene rings is 1. The number of nitrogens with one attached hydrogen (secondary N) is 1. The van der Waals surface area contributed by atoms with Gasteiger partial charge in [-0.15, -0.1) is 11.3 Å². The lowest BCUT2D eigenvalue weighted by Gasteiger charge is -2.10. The molecule has 1 fully saturated rings. The zero-order valence-electron chi connectivity index (χ0n) is 9.40. The minimum absolute atomic E-state index is 0.206. The van der Waals surface area contributed by atoms with Crippen molar-refractivity contribution in [3.8, 4) is 0 Å². The third-order valence-corrected chi connectivity index (χ3v) is 7.33. The molecule has 1 heterocycles. The number of aliphatic hydroxyl groups is 1. The largest absolute Gasteiger partial charge is 0.393 e. The van der Waals surface area contributed by atoms with Crippen LogP contribution in [0.2, 0.25) is 5.02 Å². The number of sulfonamides is 1. The molecule has 8 heteroatoms. The zero-order chi connectivity index (χ0) is 13.3. The molecule has 2 N–H and O–H groups in total. The molecule has 4 nitrogen and oxygen atoms in total. The summed E-state index contributed by atoms with van der Waals surface area (Å²) in [5, 5.41) is 9.79. The van der Waals surface area contributed by atoms with Crippen molar-refractivity contribution in [3.05, 3.63) is 14.9 Å². The maximum Gasteiger partial charge on any atom is 0.250 e. The Morgan fingerprint density at radius 1 is 1.56 bits per heavy atom. The standard InChI is InChI=1S/C10H13BrClNO3S2/c11-10-8(12)4-9(17-10)18(15,16)13-5-6-1-2-7(14)3-6/h4,6-7,13-14H,1-3,5H2. The number of hydrogen-bond acceptors (Lipinski definition) is 4. The monoisotopic (exact) mass is 373 g/mol. The first-order valence-electron chi connectivity index (χ1n) is 5.51. The van der Waals surface area contributed by atoms with Crippen molar-refractivity contribution in [2.75, 3.05) is 6.54 Å². The quantitative estimate of drug-likeness (QED) is 0.851. The van der Waals surface area contributed by atoms with Crippen LogP contribution in [-0.2, 0) is 10.0 Å². The van der Waals surface area contributed by atoms with Gasteiger partial charge in [-0.2, -0.15) is 0 Å². The summed E-state index contributed by atoms with van der Waals surface area (Å²) < 4.78 is 27.4. The maximum atomic E-state index is 12.0. The number of halogens is 2. The Morgan fingerprint density at radius 3 is 2.78 bits per heavy atom. The summed E-state index contributed by atoms with van der Waals surface area (Å²) in [6.45, 7) is 0.368. The smallest absolute Gasteiger partial charge is 0.250 e. The molecule has 1 aliphatic carbocycles. The van der Waals surface area contributed by atoms with Crippen LogP contribution in [0.5, 0.6) is 0 Å². The predicted molar refractivity (Wildman–Crippen MR) is 75.6 cm³/mol. The fraction of sp³-hybridized carbons (Fsp3) is 0.600. The normalized spacial score (nSPS) is 24.6. The molecule has 0 aliphatic heterocycles. The lowest BCUT2D eigenvalue weighted by molar-refractivity contribution is 0.178. The highest BCUT2D eigenvalue weighted by Gasteiger charge is 2.25. The zero-order valence-corrected chi connectivity index (χ0v) is 13.4. The van der Waals surface area contributed by atoms with E-state index in [1.54, 1.807) is 0 Å². The van der Waals surface area contributed by atoms with Gasteiger partial charge in [0.25, 0.3) is 0 Å². The van der Waals surface area contributed by atoms with Gasteiger partial charge in [-0.3, -0.25) is 0 Å². The molecule has 2 unspecified atom stereocenters. The third kappa shape index (κ3) is 3.46. The molecular weight excluding hydrogens is 362 g/mol. The van der Waals surface area contributed by atoms with Crippen LogP contribution in [-0.4, -0.2) is 26.2 Å². The number of rotatable bonds is 4. The minimum atomic E-state index is -3.49. The summed E-state index contributed by atoms with van der Waals surface area (Å²) in [5.74, 6) is 0.216. The molecule has 18 heavy (non-hydrogen) atoms. The van der Waals surface area contributed by atoms with E-state index in [0.29, 0.717) is 21.8 Å². The Morgan fingerprint density at radius 2 is 2.28 bits per heavy atom. The number of hydrogen-bond donors (Lipinski definition) is 2. The van der Waals surface area contributed by atoms with Crippen LogP contribution >= 0.6 is 38.9 Å². The van der Waals surface area contributed by atoms with E-state index in [4.69, 9.17) is 11.6 Å². The molecule has 2 atom stereocenters. The van der Waals surface area contributed by atoms with Gasteiger partial charge in [-0.25, -0.2) is 13.1 Å². The van der Waals surface area contributed by atoms with E-state index in [2.05, 4.69) is 20.7 Å². The summed E-state index contributed by atoms with van der Waals surface area (Å²) >= 11 is 10.1. The first-order valence-corrected chi connectivity index (χ1v) is 8.98. The molecule has 1 aliphatic rings. The summed E-state index contributed by atoms with van der Waals surface area (Å²) in [7, 11) is -3.49. The highest BCUT2D eigenvalue weighted by Crippen LogP contribution is 2.34. The van der Waals surface area contributed by atoms with E-state index in [1.807, 2.05) is 0 Å². The lowest BCUT2D eigenvalue weighted by atomic mass is 10.1. The molecule has 0 aromatic carbocycles. The van der Waals surface area contributed by atoms with E-state index in [1.165, 1.54) is 6.07 Å². The van der Waals surface area contributed by atoms with Crippen LogP contribution in [0, 0.1) is 5.92 Å². The van der Waals surface area contributed by atoms with Crippen LogP contribution < -0.4 is 4.72 Å². The van der Waals surface area contributed by atoms with Crippen molar-refractivity contribution >= 4 is 48.9 Å². The summed E-state index contributed by atoms with van der Waals surface area (Å²) in [6, 6.07) is 1.43. The van der Waals surface area contributed by atoms with Crippen LogP contribution in [0.25, 0.3) is 0 Å². The summed E-state index contributed by atoms with van der Waals surface area (Å²) in [5.41, 5.74) is 0. The number of aliphatic hydroxyl groups excluding tert-OH is 1. The topological polar surface area (TPSA) is 66.4 Å². The SMILES string of the molecule is O=S(=O)(NCC1CCC(O)C1)c1cc(Cl)c(Br)s1. The molecular formula is C10H13BrClNO3S2. The van der Waals surface area contributed by atoms with Gasteiger partial charge in [0.2, 0.25) is 10.0 Å². The molecule has 1 saturated carbocycles. The van der Waals surface area contributed by atoms with Gasteiger partial charge < -0.3 is 5.11 Å². The molecule has 0 spiro atoms. The van der Waals surface area contributed by atoms with Crippen molar-refractivity contribution in [2.24, 2.45) is 5.92 Å². The molecule has 1 aromatic heterocycles. The van der Waals surface area contributed by atoms with Gasteiger partial charge in [0.1, 0.15) is 4.21 Å². The fourth-order valence-corrected chi connectivity index (χ4v) is 5.55. The van der Waals surface area contributed by atoms with Crippen LogP contribution in [0.3, 0.4) is 0 Å². The lowest BCUT2D eigenvalue weighted by Crippen LogP contribution is -2.28. The Kier molecular flexibility index (Phi) is 4.72. The first-order chi connectivity index (χ1) is 8.38. The second kappa shape index (κ2) is 5.76. The van der Waals surface area contributed by atoms with Gasteiger partial charge >= 0.3 is 0 Å². The van der Waals surface area contributed by atoms with Crippen molar-refractivity contribution in [1.29, 1.82) is 0 Å². The minimum Gasteiger partial charge on any atom is -0.393 e. The fourth-order valence-electron chi connectivity index (χ4n) is 1.99. The Balaban J connectivity index is 1.99. The second-order valence-corrected chi connectivity index (χ2v) is 9.14. The Hall–Kier alpha value is 0.340. The van der Waals surface area contributed by atoms with Crippen LogP contribution in [0.4, 0.5) is 0 Å². The van der Waals surface area contributed by atoms with Gasteiger partial charge in [-0.05, 0) is 47.2 Å². The maximum absolute atomic E-state index is 12.0. The summed E-state index contributed by atoms with van der Waals surface area (Å²) in [6.07, 6.45) is 1.99. The average molecular weight is 375 g/mol. The van der Waals surface area contributed by atoms with E-state index in [-0.39, 0.29) is 16.2 Å². The van der Waals surface area contributed by atoms with Gasteiger partial charge in [0.15, 0.2) is 0 Å². The predicted octanol–water partition coefficient (Wildman–Crippen LogP) is 2.60. The molecule has 0 bridgehead atoms. The first kappa shape index (κ1) is 14.7. The summed E-state index contributed by atoms with van der Waals surface area (Å²) in [4.78, 5) is 0. The van der Waals surface area contributed by atoms with Gasteiger partial charge in [0, 0.05) is 6.54 Å². The Bertz CT molecular complexity index is 512. The van der Waals surface area contributed by atoms with Crippen LogP contribution in [0.15, 0.2) is 14.1 Å². The van der Waals surface area contributed by atoms with Crippen molar-refractivity contribution in [2.45, 2.75) is 29.6 Å². The Labute approximate surface area is 124 Å². The second-order valence-electron chi connectivity index (χ2n) is 4.37. The molecule has 2 rings (SSSR count). The van der Waals surface area contributed by atoms with Crippen molar-refractivity contribution in [1.82, 2.24) is 4.72 Å². The van der Waals surface area contributed by atoms with E-state index in [0.717, 1.165) is 24.2 Å². The van der Waals surface area contributed by atoms with Crippen LogP contribution in [0.1, 0.15) is 19.3 Å². The van der Waals surface area contributed by atoms with Crippen molar-refractivity contribution in [3.63, 3.8) is 0 Å². The molecule has 102 valence electrons. The third-order valence-electron chi connectivity index (χ3n) is 2.96. The molecule has 0 saturated heterocycles. The van der Waals surface area contributed by atoms with E-state index < -0.39 is 10.0 Å². The highest BCUT2D eigenvalue weighted by molar-refractivity contribution is 9.11. The highest BCUT2D eigenvalue weighted by atomic mass is 79.9. The van der Waals surface area contributed by atoms with Gasteiger partial charge in [0.05, 0.1) is 14.9 Å². The van der Waals surface area contributed by atoms with Crippen molar-refractivity contribution < 1.29 is 13.5 Å². The molecule has 0 radical (unpaired) electrons. The molecule has 0 amide bonds. The van der Waals surface area contributed by atoms with Gasteiger partial charge in [-0.1, -0.05) is 11.6 Å². The van der Waals surface area contributed by atoms with E-state index in [9.17, 15) is 13.5 Å². The van der Waals surface area contributed by atoms with E-state index >= 15 is 0 Å².